The molecule has 0 aromatic carbocycles. The van der Waals surface area contributed by atoms with Crippen LogP contribution in [-0.4, -0.2) is 24.1 Å². The van der Waals surface area contributed by atoms with Gasteiger partial charge in [0.2, 0.25) is 5.95 Å². The maximum Gasteiger partial charge on any atom is 0.225 e. The van der Waals surface area contributed by atoms with E-state index in [9.17, 15) is 0 Å². The summed E-state index contributed by atoms with van der Waals surface area (Å²) in [5, 5.41) is 5.21. The summed E-state index contributed by atoms with van der Waals surface area (Å²) in [4.78, 5) is 12.3. The largest absolute Gasteiger partial charge is 0.339 e. The van der Waals surface area contributed by atoms with E-state index in [1.807, 2.05) is 27.2 Å². The molecular weight excluding hydrogens is 324 g/mol. The summed E-state index contributed by atoms with van der Waals surface area (Å²) in [6, 6.07) is 2.13. The number of anilines is 1. The van der Waals surface area contributed by atoms with Crippen LogP contribution in [0.4, 0.5) is 5.95 Å². The average molecular weight is 341 g/mol. The van der Waals surface area contributed by atoms with E-state index in [1.165, 1.54) is 4.88 Å². The van der Waals surface area contributed by atoms with Crippen molar-refractivity contribution in [3.05, 3.63) is 38.3 Å². The summed E-state index contributed by atoms with van der Waals surface area (Å²) in [5.41, 5.74) is 2.16. The topological polar surface area (TPSA) is 41.1 Å². The second kappa shape index (κ2) is 6.45. The second-order valence-electron chi connectivity index (χ2n) is 4.40. The van der Waals surface area contributed by atoms with Crippen molar-refractivity contribution in [2.45, 2.75) is 20.0 Å². The predicted molar refractivity (Wildman–Crippen MR) is 83.7 cm³/mol. The summed E-state index contributed by atoms with van der Waals surface area (Å²) >= 11 is 5.20. The molecule has 0 atom stereocenters. The minimum absolute atomic E-state index is 0.766. The Balaban J connectivity index is 2.10. The van der Waals surface area contributed by atoms with Crippen molar-refractivity contribution in [1.82, 2.24) is 15.3 Å². The van der Waals surface area contributed by atoms with Crippen molar-refractivity contribution in [3.63, 3.8) is 0 Å². The number of halogens is 1. The van der Waals surface area contributed by atoms with Crippen molar-refractivity contribution < 1.29 is 0 Å². The molecule has 102 valence electrons. The van der Waals surface area contributed by atoms with E-state index in [4.69, 9.17) is 0 Å². The molecule has 0 fully saturated rings. The van der Waals surface area contributed by atoms with Crippen LogP contribution in [0.15, 0.2) is 22.1 Å². The first-order valence-corrected chi connectivity index (χ1v) is 7.68. The summed E-state index contributed by atoms with van der Waals surface area (Å²) in [6.45, 7) is 3.64. The van der Waals surface area contributed by atoms with Crippen LogP contribution in [0.5, 0.6) is 0 Å². The van der Waals surface area contributed by atoms with Crippen molar-refractivity contribution in [3.8, 4) is 0 Å². The van der Waals surface area contributed by atoms with Gasteiger partial charge in [0, 0.05) is 45.8 Å². The van der Waals surface area contributed by atoms with E-state index in [0.717, 1.165) is 34.8 Å². The molecule has 19 heavy (non-hydrogen) atoms. The number of hydrogen-bond donors (Lipinski definition) is 1. The van der Waals surface area contributed by atoms with Crippen molar-refractivity contribution in [1.29, 1.82) is 0 Å². The first-order valence-electron chi connectivity index (χ1n) is 6.01. The molecule has 0 spiro atoms. The summed E-state index contributed by atoms with van der Waals surface area (Å²) < 4.78 is 1.13. The Bertz CT molecular complexity index is 555. The van der Waals surface area contributed by atoms with Crippen LogP contribution in [0.2, 0.25) is 0 Å². The van der Waals surface area contributed by atoms with Gasteiger partial charge >= 0.3 is 0 Å². The molecule has 0 amide bonds. The van der Waals surface area contributed by atoms with Crippen molar-refractivity contribution >= 4 is 33.2 Å². The van der Waals surface area contributed by atoms with Gasteiger partial charge in [-0.05, 0) is 36.0 Å². The molecule has 0 aliphatic carbocycles. The van der Waals surface area contributed by atoms with E-state index in [1.54, 1.807) is 11.3 Å². The van der Waals surface area contributed by atoms with E-state index < -0.39 is 0 Å². The lowest BCUT2D eigenvalue weighted by molar-refractivity contribution is 0.787. The lowest BCUT2D eigenvalue weighted by atomic mass is 10.2. The molecule has 0 unspecified atom stereocenters. The summed E-state index contributed by atoms with van der Waals surface area (Å²) in [7, 11) is 3.94. The number of thiophene rings is 1. The first-order chi connectivity index (χ1) is 9.10. The van der Waals surface area contributed by atoms with E-state index in [0.29, 0.717) is 0 Å². The monoisotopic (exact) mass is 340 g/mol. The van der Waals surface area contributed by atoms with E-state index >= 15 is 0 Å². The van der Waals surface area contributed by atoms with Gasteiger partial charge in [-0.1, -0.05) is 0 Å². The lowest BCUT2D eigenvalue weighted by Gasteiger charge is -2.17. The van der Waals surface area contributed by atoms with Gasteiger partial charge in [-0.3, -0.25) is 0 Å². The van der Waals surface area contributed by atoms with Gasteiger partial charge in [-0.2, -0.15) is 0 Å². The fraction of sp³-hybridized carbons (Fsp3) is 0.385. The SMILES string of the molecule is CNCc1cnc(N(C)Cc2cc(Br)cs2)nc1C. The standard InChI is InChI=1S/C13H17BrN4S/c1-9-10(5-15-2)6-16-13(17-9)18(3)7-12-4-11(14)8-19-12/h4,6,8,15H,5,7H2,1-3H3. The number of rotatable bonds is 5. The number of hydrogen-bond acceptors (Lipinski definition) is 5. The third kappa shape index (κ3) is 3.75. The van der Waals surface area contributed by atoms with Gasteiger partial charge in [0.25, 0.3) is 0 Å². The highest BCUT2D eigenvalue weighted by molar-refractivity contribution is 9.10. The number of nitrogens with one attached hydrogen (secondary N) is 1. The molecular formula is C13H17BrN4S. The molecule has 2 aromatic rings. The zero-order valence-corrected chi connectivity index (χ0v) is 13.7. The molecule has 0 aliphatic rings. The number of aryl methyl sites for hydroxylation is 1. The van der Waals surface area contributed by atoms with Crippen LogP contribution in [0, 0.1) is 6.92 Å². The molecule has 2 rings (SSSR count). The molecule has 0 saturated heterocycles. The molecule has 0 bridgehead atoms. The van der Waals surface area contributed by atoms with Crippen molar-refractivity contribution in [2.75, 3.05) is 19.0 Å². The molecule has 6 heteroatoms. The highest BCUT2D eigenvalue weighted by Crippen LogP contribution is 2.22. The molecule has 0 aliphatic heterocycles. The maximum atomic E-state index is 4.56. The molecule has 2 aromatic heterocycles. The zero-order valence-electron chi connectivity index (χ0n) is 11.3. The minimum atomic E-state index is 0.766. The Hall–Kier alpha value is -0.980. The molecule has 2 heterocycles. The van der Waals surface area contributed by atoms with E-state index in [-0.39, 0.29) is 0 Å². The number of nitrogens with zero attached hydrogens (tertiary/aromatic N) is 3. The Kier molecular flexibility index (Phi) is 4.90. The van der Waals surface area contributed by atoms with Crippen LogP contribution in [0.1, 0.15) is 16.1 Å². The van der Waals surface area contributed by atoms with Gasteiger partial charge < -0.3 is 10.2 Å². The van der Waals surface area contributed by atoms with E-state index in [2.05, 4.69) is 47.6 Å². The summed E-state index contributed by atoms with van der Waals surface area (Å²) in [6.07, 6.45) is 1.90. The van der Waals surface area contributed by atoms with Crippen molar-refractivity contribution in [2.24, 2.45) is 0 Å². The third-order valence-electron chi connectivity index (χ3n) is 2.79. The fourth-order valence-corrected chi connectivity index (χ4v) is 3.27. The Labute approximate surface area is 126 Å². The van der Waals surface area contributed by atoms with Crippen LogP contribution in [0.25, 0.3) is 0 Å². The third-order valence-corrected chi connectivity index (χ3v) is 4.47. The Morgan fingerprint density at radius 1 is 1.47 bits per heavy atom. The van der Waals surface area contributed by atoms with Crippen LogP contribution >= 0.6 is 27.3 Å². The molecule has 0 saturated carbocycles. The van der Waals surface area contributed by atoms with Gasteiger partial charge in [0.05, 0.1) is 6.54 Å². The smallest absolute Gasteiger partial charge is 0.225 e. The summed E-state index contributed by atoms with van der Waals surface area (Å²) in [5.74, 6) is 0.766. The Morgan fingerprint density at radius 2 is 2.26 bits per heavy atom. The highest BCUT2D eigenvalue weighted by atomic mass is 79.9. The minimum Gasteiger partial charge on any atom is -0.339 e. The quantitative estimate of drug-likeness (QED) is 0.908. The van der Waals surface area contributed by atoms with Gasteiger partial charge in [-0.15, -0.1) is 11.3 Å². The average Bonchev–Trinajstić information content (AvgIpc) is 2.77. The van der Waals surface area contributed by atoms with Crippen LogP contribution in [0.3, 0.4) is 0 Å². The van der Waals surface area contributed by atoms with Crippen LogP contribution in [-0.2, 0) is 13.1 Å². The lowest BCUT2D eigenvalue weighted by Crippen LogP contribution is -2.19. The maximum absolute atomic E-state index is 4.56. The Morgan fingerprint density at radius 3 is 2.84 bits per heavy atom. The molecule has 1 N–H and O–H groups in total. The molecule has 0 radical (unpaired) electrons. The zero-order chi connectivity index (χ0) is 13.8. The van der Waals surface area contributed by atoms with Gasteiger partial charge in [0.15, 0.2) is 0 Å². The molecule has 4 nitrogen and oxygen atoms in total. The highest BCUT2D eigenvalue weighted by Gasteiger charge is 2.09. The normalized spacial score (nSPS) is 10.7. The number of aromatic nitrogens is 2. The van der Waals surface area contributed by atoms with Gasteiger partial charge in [0.1, 0.15) is 0 Å². The fourth-order valence-electron chi connectivity index (χ4n) is 1.77. The predicted octanol–water partition coefficient (Wildman–Crippen LogP) is 2.96. The second-order valence-corrected chi connectivity index (χ2v) is 6.31. The first kappa shape index (κ1) is 14.4. The van der Waals surface area contributed by atoms with Gasteiger partial charge in [-0.25, -0.2) is 9.97 Å². The van der Waals surface area contributed by atoms with Crippen LogP contribution < -0.4 is 10.2 Å².